The van der Waals surface area contributed by atoms with Crippen LogP contribution < -0.4 is 15.4 Å². The number of carbonyl (C=O) groups is 2. The third-order valence-corrected chi connectivity index (χ3v) is 6.73. The van der Waals surface area contributed by atoms with Crippen molar-refractivity contribution in [2.45, 2.75) is 25.1 Å². The first kappa shape index (κ1) is 23.1. The van der Waals surface area contributed by atoms with Crippen LogP contribution in [0.3, 0.4) is 0 Å². The lowest BCUT2D eigenvalue weighted by atomic mass is 9.80. The number of methoxy groups -OCH3 is 1. The van der Waals surface area contributed by atoms with E-state index in [0.717, 1.165) is 5.56 Å². The van der Waals surface area contributed by atoms with Crippen LogP contribution in [0.2, 0.25) is 0 Å². The Morgan fingerprint density at radius 1 is 1.30 bits per heavy atom. The highest BCUT2D eigenvalue weighted by molar-refractivity contribution is 7.22. The van der Waals surface area contributed by atoms with Crippen LogP contribution in [-0.2, 0) is 17.0 Å². The van der Waals surface area contributed by atoms with Gasteiger partial charge >= 0.3 is 6.03 Å². The number of amides is 3. The van der Waals surface area contributed by atoms with E-state index in [9.17, 15) is 14.0 Å². The van der Waals surface area contributed by atoms with Crippen molar-refractivity contribution in [2.24, 2.45) is 0 Å². The highest BCUT2D eigenvalue weighted by Crippen LogP contribution is 2.34. The predicted octanol–water partition coefficient (Wildman–Crippen LogP) is 3.44. The number of aromatic nitrogens is 3. The van der Waals surface area contributed by atoms with Crippen LogP contribution in [-0.4, -0.2) is 57.9 Å². The summed E-state index contributed by atoms with van der Waals surface area (Å²) in [5.74, 6) is -0.159. The van der Waals surface area contributed by atoms with E-state index in [4.69, 9.17) is 16.3 Å². The van der Waals surface area contributed by atoms with Gasteiger partial charge in [0.25, 0.3) is 0 Å². The van der Waals surface area contributed by atoms with Crippen LogP contribution in [0, 0.1) is 0 Å². The molecular weight excluding hydrogens is 471 g/mol. The Morgan fingerprint density at radius 3 is 2.79 bits per heavy atom. The van der Waals surface area contributed by atoms with Crippen molar-refractivity contribution in [3.63, 3.8) is 0 Å². The summed E-state index contributed by atoms with van der Waals surface area (Å²) in [7, 11) is 1.49. The van der Waals surface area contributed by atoms with E-state index in [1.165, 1.54) is 24.8 Å². The van der Waals surface area contributed by atoms with Gasteiger partial charge in [0.2, 0.25) is 11.8 Å². The molecular formula is C21H22ClFN6O3S. The Balaban J connectivity index is 1.49. The van der Waals surface area contributed by atoms with Crippen LogP contribution in [0.15, 0.2) is 30.6 Å². The summed E-state index contributed by atoms with van der Waals surface area (Å²) in [5, 5.41) is 6.19. The molecule has 2 aromatic heterocycles. The minimum atomic E-state index is -0.729. The van der Waals surface area contributed by atoms with Gasteiger partial charge in [0, 0.05) is 13.1 Å². The lowest BCUT2D eigenvalue weighted by Crippen LogP contribution is -2.55. The normalized spacial score (nSPS) is 15.3. The van der Waals surface area contributed by atoms with Crippen LogP contribution in [0.5, 0.6) is 5.88 Å². The van der Waals surface area contributed by atoms with E-state index < -0.39 is 12.2 Å². The van der Waals surface area contributed by atoms with Crippen LogP contribution in [0.1, 0.15) is 24.0 Å². The second-order valence-electron chi connectivity index (χ2n) is 7.57. The van der Waals surface area contributed by atoms with Crippen LogP contribution in [0.4, 0.5) is 14.3 Å². The van der Waals surface area contributed by atoms with Gasteiger partial charge in [0.1, 0.15) is 18.9 Å². The average Bonchev–Trinajstić information content (AvgIpc) is 3.26. The van der Waals surface area contributed by atoms with Crippen molar-refractivity contribution < 1.29 is 18.7 Å². The van der Waals surface area contributed by atoms with Gasteiger partial charge in [0.15, 0.2) is 15.5 Å². The summed E-state index contributed by atoms with van der Waals surface area (Å²) in [6.07, 6.45) is 2.29. The Bertz CT molecular complexity index is 1170. The molecule has 3 amide bonds. The molecule has 1 aliphatic rings. The molecule has 0 bridgehead atoms. The quantitative estimate of drug-likeness (QED) is 0.510. The molecule has 1 aromatic carbocycles. The molecule has 3 aromatic rings. The molecule has 0 radical (unpaired) electrons. The van der Waals surface area contributed by atoms with E-state index in [1.54, 1.807) is 23.1 Å². The van der Waals surface area contributed by atoms with Gasteiger partial charge in [-0.3, -0.25) is 10.1 Å². The maximum atomic E-state index is 13.2. The molecule has 174 valence electrons. The van der Waals surface area contributed by atoms with Gasteiger partial charge in [-0.05, 0) is 24.0 Å². The summed E-state index contributed by atoms with van der Waals surface area (Å²) in [5.41, 5.74) is 1.08. The maximum absolute atomic E-state index is 13.2. The molecule has 12 heteroatoms. The summed E-state index contributed by atoms with van der Waals surface area (Å²) in [6, 6.07) is 6.76. The van der Waals surface area contributed by atoms with Crippen molar-refractivity contribution in [3.05, 3.63) is 41.7 Å². The predicted molar refractivity (Wildman–Crippen MR) is 123 cm³/mol. The second-order valence-corrected chi connectivity index (χ2v) is 8.82. The smallest absolute Gasteiger partial charge is 0.323 e. The summed E-state index contributed by atoms with van der Waals surface area (Å²) >= 11 is 6.96. The fourth-order valence-electron chi connectivity index (χ4n) is 3.94. The number of nitrogens with one attached hydrogen (secondary N) is 2. The molecule has 0 spiro atoms. The highest BCUT2D eigenvalue weighted by Gasteiger charge is 2.39. The van der Waals surface area contributed by atoms with Gasteiger partial charge in [-0.25, -0.2) is 19.2 Å². The van der Waals surface area contributed by atoms with Crippen LogP contribution >= 0.6 is 22.9 Å². The first-order valence-corrected chi connectivity index (χ1v) is 11.6. The van der Waals surface area contributed by atoms with Gasteiger partial charge in [-0.1, -0.05) is 35.6 Å². The van der Waals surface area contributed by atoms with E-state index >= 15 is 0 Å². The lowest BCUT2D eigenvalue weighted by molar-refractivity contribution is -0.121. The Kier molecular flexibility index (Phi) is 6.89. The molecule has 1 saturated heterocycles. The number of nitrogens with zero attached hydrogens (tertiary/aromatic N) is 4. The summed E-state index contributed by atoms with van der Waals surface area (Å²) in [6.45, 7) is 0.157. The first-order chi connectivity index (χ1) is 16.0. The van der Waals surface area contributed by atoms with Gasteiger partial charge < -0.3 is 15.0 Å². The summed E-state index contributed by atoms with van der Waals surface area (Å²) < 4.78 is 18.4. The molecule has 1 aliphatic heterocycles. The number of thiazole rings is 1. The number of alkyl halides is 2. The monoisotopic (exact) mass is 492 g/mol. The topological polar surface area (TPSA) is 109 Å². The molecule has 33 heavy (non-hydrogen) atoms. The molecule has 0 unspecified atom stereocenters. The van der Waals surface area contributed by atoms with Crippen molar-refractivity contribution >= 4 is 50.4 Å². The molecule has 0 saturated carbocycles. The summed E-state index contributed by atoms with van der Waals surface area (Å²) in [4.78, 5) is 39.8. The molecule has 9 nitrogen and oxygen atoms in total. The number of benzene rings is 1. The number of fused-ring (bicyclic) bond motifs is 1. The fraction of sp³-hybridized carbons (Fsp3) is 0.381. The van der Waals surface area contributed by atoms with Crippen molar-refractivity contribution in [1.82, 2.24) is 25.2 Å². The number of anilines is 1. The molecule has 4 rings (SSSR count). The molecule has 2 N–H and O–H groups in total. The zero-order valence-corrected chi connectivity index (χ0v) is 19.4. The number of halogens is 2. The molecule has 1 fully saturated rings. The van der Waals surface area contributed by atoms with E-state index in [-0.39, 0.29) is 17.8 Å². The Morgan fingerprint density at radius 2 is 2.09 bits per heavy atom. The SMILES string of the molecule is COc1ncnc2sc(NC(=O)N3CCC(NC(=O)CCl)(c4cccc(CF)c4)CC3)nc12. The van der Waals surface area contributed by atoms with E-state index in [0.29, 0.717) is 52.9 Å². The molecule has 3 heterocycles. The minimum absolute atomic E-state index is 0.182. The number of urea groups is 1. The van der Waals surface area contributed by atoms with Crippen molar-refractivity contribution in [1.29, 1.82) is 0 Å². The van der Waals surface area contributed by atoms with Crippen molar-refractivity contribution in [2.75, 3.05) is 31.4 Å². The third-order valence-electron chi connectivity index (χ3n) is 5.61. The maximum Gasteiger partial charge on any atom is 0.323 e. The Labute approximate surface area is 198 Å². The van der Waals surface area contributed by atoms with Gasteiger partial charge in [-0.2, -0.15) is 4.98 Å². The average molecular weight is 493 g/mol. The number of piperidine rings is 1. The molecule has 0 aliphatic carbocycles. The second kappa shape index (κ2) is 9.84. The largest absolute Gasteiger partial charge is 0.479 e. The minimum Gasteiger partial charge on any atom is -0.479 e. The van der Waals surface area contributed by atoms with Crippen molar-refractivity contribution in [3.8, 4) is 5.88 Å². The Hall–Kier alpha value is -3.05. The number of hydrogen-bond donors (Lipinski definition) is 2. The number of carbonyl (C=O) groups excluding carboxylic acids is 2. The zero-order chi connectivity index (χ0) is 23.4. The van der Waals surface area contributed by atoms with E-state index in [2.05, 4.69) is 25.6 Å². The van der Waals surface area contributed by atoms with Gasteiger partial charge in [-0.15, -0.1) is 11.6 Å². The molecule has 0 atom stereocenters. The number of likely N-dealkylation sites (tertiary alicyclic amines) is 1. The van der Waals surface area contributed by atoms with Crippen LogP contribution in [0.25, 0.3) is 10.3 Å². The lowest BCUT2D eigenvalue weighted by Gasteiger charge is -2.42. The highest BCUT2D eigenvalue weighted by atomic mass is 35.5. The number of hydrogen-bond acceptors (Lipinski definition) is 7. The van der Waals surface area contributed by atoms with Gasteiger partial charge in [0.05, 0.1) is 12.6 Å². The standard InChI is InChI=1S/C21H22ClFN6O3S/c1-32-17-16-18(25-12-24-17)33-19(26-16)27-20(31)29-7-5-21(6-8-29,28-15(30)10-22)14-4-2-3-13(9-14)11-23/h2-4,9,12H,5-8,10-11H2,1H3,(H,28,30)(H,26,27,31). The third kappa shape index (κ3) is 4.83. The first-order valence-electron chi connectivity index (χ1n) is 10.2. The fourth-order valence-corrected chi connectivity index (χ4v) is 4.79. The number of ether oxygens (including phenoxy) is 1. The number of rotatable bonds is 6. The zero-order valence-electron chi connectivity index (χ0n) is 17.8. The van der Waals surface area contributed by atoms with E-state index in [1.807, 2.05) is 6.07 Å².